The number of hydrogen-bond donors (Lipinski definition) is 3. The van der Waals surface area contributed by atoms with Crippen LogP contribution in [-0.4, -0.2) is 68.5 Å². The van der Waals surface area contributed by atoms with Crippen LogP contribution < -0.4 is 15.4 Å². The lowest BCUT2D eigenvalue weighted by atomic mass is 9.81. The second-order valence-corrected chi connectivity index (χ2v) is 10.4. The topological polar surface area (TPSA) is 142 Å². The number of urea groups is 1. The molecule has 0 bridgehead atoms. The third-order valence-electron chi connectivity index (χ3n) is 7.04. The standard InChI is InChI=1S/C26H25N7O4S/c1-2-27-25(36)28-23-21(15-6-3-4-9-19(15)38-23)24(35)33-12-10-26(11-13-33)14-17(34)20-16(22-29-31-32-30-22)7-5-8-18(20)37-26/h3-9H,2,10-14H2,1H3,(H2,27,28,36)(H,29,30,31,32). The predicted molar refractivity (Wildman–Crippen MR) is 142 cm³/mol. The third-order valence-corrected chi connectivity index (χ3v) is 8.12. The molecule has 4 aromatic rings. The number of nitrogens with zero attached hydrogens (tertiary/aromatic N) is 4. The average molecular weight is 532 g/mol. The fraction of sp³-hybridized carbons (Fsp3) is 0.308. The van der Waals surface area contributed by atoms with Gasteiger partial charge in [0.25, 0.3) is 5.91 Å². The second kappa shape index (κ2) is 9.53. The van der Waals surface area contributed by atoms with E-state index in [2.05, 4.69) is 31.3 Å². The molecule has 1 spiro atoms. The fourth-order valence-electron chi connectivity index (χ4n) is 5.22. The number of piperidine rings is 1. The van der Waals surface area contributed by atoms with Crippen LogP contribution in [0.25, 0.3) is 21.5 Å². The molecule has 2 aromatic heterocycles. The number of ether oxygens (including phenoxy) is 1. The third kappa shape index (κ3) is 4.16. The normalized spacial score (nSPS) is 16.2. The molecule has 12 heteroatoms. The number of aromatic amines is 1. The van der Waals surface area contributed by atoms with Gasteiger partial charge in [0.15, 0.2) is 5.78 Å². The van der Waals surface area contributed by atoms with Crippen LogP contribution in [0.4, 0.5) is 9.80 Å². The Bertz CT molecular complexity index is 1540. The maximum atomic E-state index is 13.8. The van der Waals surface area contributed by atoms with Gasteiger partial charge in [0.1, 0.15) is 16.4 Å². The van der Waals surface area contributed by atoms with Gasteiger partial charge in [-0.3, -0.25) is 14.9 Å². The molecule has 38 heavy (non-hydrogen) atoms. The highest BCUT2D eigenvalue weighted by atomic mass is 32.1. The Labute approximate surface area is 221 Å². The van der Waals surface area contributed by atoms with Crippen LogP contribution in [0.15, 0.2) is 42.5 Å². The molecule has 0 saturated carbocycles. The number of tetrazole rings is 1. The molecule has 6 rings (SSSR count). The molecule has 1 saturated heterocycles. The highest BCUT2D eigenvalue weighted by Crippen LogP contribution is 2.43. The van der Waals surface area contributed by atoms with Crippen LogP contribution in [0.2, 0.25) is 0 Å². The van der Waals surface area contributed by atoms with Gasteiger partial charge in [0.05, 0.1) is 17.5 Å². The van der Waals surface area contributed by atoms with Crippen molar-refractivity contribution in [2.45, 2.75) is 31.8 Å². The Hall–Kier alpha value is -4.32. The molecule has 2 aliphatic heterocycles. The molecular weight excluding hydrogens is 506 g/mol. The van der Waals surface area contributed by atoms with Gasteiger partial charge >= 0.3 is 6.03 Å². The number of fused-ring (bicyclic) bond motifs is 2. The first-order valence-electron chi connectivity index (χ1n) is 12.4. The molecule has 3 N–H and O–H groups in total. The first-order chi connectivity index (χ1) is 18.5. The van der Waals surface area contributed by atoms with Crippen molar-refractivity contribution < 1.29 is 19.1 Å². The van der Waals surface area contributed by atoms with E-state index < -0.39 is 5.60 Å². The van der Waals surface area contributed by atoms with Crippen LogP contribution in [-0.2, 0) is 0 Å². The number of nitrogens with one attached hydrogen (secondary N) is 3. The maximum absolute atomic E-state index is 13.8. The minimum Gasteiger partial charge on any atom is -0.486 e. The van der Waals surface area contributed by atoms with Gasteiger partial charge < -0.3 is 15.0 Å². The number of thiophene rings is 1. The van der Waals surface area contributed by atoms with Crippen LogP contribution in [0.5, 0.6) is 5.75 Å². The number of carbonyl (C=O) groups excluding carboxylic acids is 3. The lowest BCUT2D eigenvalue weighted by molar-refractivity contribution is -0.00553. The molecule has 2 aromatic carbocycles. The monoisotopic (exact) mass is 531 g/mol. The number of benzene rings is 2. The zero-order valence-corrected chi connectivity index (χ0v) is 21.4. The first kappa shape index (κ1) is 24.0. The van der Waals surface area contributed by atoms with Gasteiger partial charge in [-0.05, 0) is 24.3 Å². The largest absolute Gasteiger partial charge is 0.486 e. The van der Waals surface area contributed by atoms with Crippen LogP contribution >= 0.6 is 11.3 Å². The number of likely N-dealkylation sites (tertiary alicyclic amines) is 1. The summed E-state index contributed by atoms with van der Waals surface area (Å²) in [5.41, 5.74) is 0.850. The van der Waals surface area contributed by atoms with Crippen LogP contribution in [0, 0.1) is 0 Å². The summed E-state index contributed by atoms with van der Waals surface area (Å²) in [5, 5.41) is 20.9. The number of anilines is 1. The smallest absolute Gasteiger partial charge is 0.319 e. The van der Waals surface area contributed by atoms with Crippen molar-refractivity contribution >= 4 is 44.1 Å². The van der Waals surface area contributed by atoms with E-state index in [1.165, 1.54) is 11.3 Å². The van der Waals surface area contributed by atoms with Crippen molar-refractivity contribution in [2.24, 2.45) is 0 Å². The summed E-state index contributed by atoms with van der Waals surface area (Å²) in [7, 11) is 0. The van der Waals surface area contributed by atoms with E-state index in [1.807, 2.05) is 31.2 Å². The molecular formula is C26H25N7O4S. The molecule has 3 amide bonds. The lowest BCUT2D eigenvalue weighted by Gasteiger charge is -2.44. The quantitative estimate of drug-likeness (QED) is 0.363. The Balaban J connectivity index is 1.23. The fourth-order valence-corrected chi connectivity index (χ4v) is 6.31. The van der Waals surface area contributed by atoms with Gasteiger partial charge in [-0.25, -0.2) is 4.79 Å². The number of aromatic nitrogens is 4. The summed E-state index contributed by atoms with van der Waals surface area (Å²) in [6, 6.07) is 12.6. The minimum atomic E-state index is -0.685. The van der Waals surface area contributed by atoms with Gasteiger partial charge in [-0.15, -0.1) is 21.5 Å². The predicted octanol–water partition coefficient (Wildman–Crippen LogP) is 3.86. The summed E-state index contributed by atoms with van der Waals surface area (Å²) in [6.45, 7) is 3.17. The molecule has 0 atom stereocenters. The molecule has 0 aliphatic carbocycles. The lowest BCUT2D eigenvalue weighted by Crippen LogP contribution is -2.52. The summed E-state index contributed by atoms with van der Waals surface area (Å²) in [6.07, 6.45) is 1.23. The van der Waals surface area contributed by atoms with Crippen LogP contribution in [0.1, 0.15) is 46.9 Å². The van der Waals surface area contributed by atoms with Gasteiger partial charge in [0.2, 0.25) is 5.82 Å². The number of hydrogen-bond acceptors (Lipinski definition) is 8. The van der Waals surface area contributed by atoms with E-state index >= 15 is 0 Å². The maximum Gasteiger partial charge on any atom is 0.319 e. The Kier molecular flexibility index (Phi) is 6.03. The molecule has 0 unspecified atom stereocenters. The second-order valence-electron chi connectivity index (χ2n) is 9.38. The van der Waals surface area contributed by atoms with E-state index in [1.54, 1.807) is 23.1 Å². The van der Waals surface area contributed by atoms with E-state index in [-0.39, 0.29) is 24.1 Å². The number of Topliss-reactive ketones (excluding diaryl/α,β-unsaturated/α-hetero) is 1. The molecule has 2 aliphatic rings. The van der Waals surface area contributed by atoms with Crippen molar-refractivity contribution in [3.05, 3.63) is 53.6 Å². The zero-order valence-electron chi connectivity index (χ0n) is 20.6. The number of ketones is 1. The number of rotatable bonds is 4. The zero-order chi connectivity index (χ0) is 26.3. The highest BCUT2D eigenvalue weighted by molar-refractivity contribution is 7.23. The van der Waals surface area contributed by atoms with Crippen molar-refractivity contribution in [2.75, 3.05) is 25.0 Å². The first-order valence-corrected chi connectivity index (χ1v) is 13.2. The number of H-pyrrole nitrogens is 1. The van der Waals surface area contributed by atoms with E-state index in [4.69, 9.17) is 4.74 Å². The van der Waals surface area contributed by atoms with Gasteiger partial charge in [-0.2, -0.15) is 5.21 Å². The molecule has 4 heterocycles. The molecule has 0 radical (unpaired) electrons. The van der Waals surface area contributed by atoms with Crippen molar-refractivity contribution in [3.63, 3.8) is 0 Å². The molecule has 1 fully saturated rings. The van der Waals surface area contributed by atoms with Gasteiger partial charge in [0, 0.05) is 48.1 Å². The summed E-state index contributed by atoms with van der Waals surface area (Å²) < 4.78 is 7.38. The Morgan fingerprint density at radius 3 is 2.74 bits per heavy atom. The summed E-state index contributed by atoms with van der Waals surface area (Å²) in [4.78, 5) is 41.2. The molecule has 194 valence electrons. The van der Waals surface area contributed by atoms with Crippen LogP contribution in [0.3, 0.4) is 0 Å². The highest BCUT2D eigenvalue weighted by Gasteiger charge is 2.45. The minimum absolute atomic E-state index is 0.0383. The summed E-state index contributed by atoms with van der Waals surface area (Å²) in [5.74, 6) is 0.658. The number of carbonyl (C=O) groups is 3. The van der Waals surface area contributed by atoms with E-state index in [0.717, 1.165) is 10.1 Å². The SMILES string of the molecule is CCNC(=O)Nc1sc2ccccc2c1C(=O)N1CCC2(CC1)CC(=O)c1c(cccc1-c1nn[nH]n1)O2. The van der Waals surface area contributed by atoms with E-state index in [0.29, 0.717) is 65.7 Å². The number of amides is 3. The van der Waals surface area contributed by atoms with Gasteiger partial charge in [-0.1, -0.05) is 30.3 Å². The molecule has 11 nitrogen and oxygen atoms in total. The average Bonchev–Trinajstić information content (AvgIpc) is 3.56. The Morgan fingerprint density at radius 2 is 1.97 bits per heavy atom. The Morgan fingerprint density at radius 1 is 1.16 bits per heavy atom. The van der Waals surface area contributed by atoms with Crippen molar-refractivity contribution in [3.8, 4) is 17.1 Å². The van der Waals surface area contributed by atoms with E-state index in [9.17, 15) is 14.4 Å². The van der Waals surface area contributed by atoms with Crippen molar-refractivity contribution in [1.29, 1.82) is 0 Å². The summed E-state index contributed by atoms with van der Waals surface area (Å²) >= 11 is 1.38. The van der Waals surface area contributed by atoms with Crippen molar-refractivity contribution in [1.82, 2.24) is 30.8 Å².